The molecule has 0 aliphatic heterocycles. The summed E-state index contributed by atoms with van der Waals surface area (Å²) in [5, 5.41) is 0. The van der Waals surface area contributed by atoms with Crippen LogP contribution in [0.2, 0.25) is 0 Å². The molecule has 0 amide bonds. The first kappa shape index (κ1) is 19.0. The molecule has 2 aromatic rings. The first-order chi connectivity index (χ1) is 12.3. The van der Waals surface area contributed by atoms with Crippen LogP contribution in [0.3, 0.4) is 0 Å². The summed E-state index contributed by atoms with van der Waals surface area (Å²) in [5.41, 5.74) is 2.14. The summed E-state index contributed by atoms with van der Waals surface area (Å²) < 4.78 is 15.7. The quantitative estimate of drug-likeness (QED) is 0.440. The number of carbonyl (C=O) groups excluding carboxylic acids is 2. The summed E-state index contributed by atoms with van der Waals surface area (Å²) in [6.07, 6.45) is 0. The molecule has 134 valence electrons. The lowest BCUT2D eigenvalue weighted by atomic mass is 10.0. The lowest BCUT2D eigenvalue weighted by Gasteiger charge is -2.12. The van der Waals surface area contributed by atoms with Crippen LogP contribution in [0.25, 0.3) is 11.1 Å². The fourth-order valence-electron chi connectivity index (χ4n) is 2.01. The molecule has 0 heterocycles. The molecule has 0 spiro atoms. The maximum absolute atomic E-state index is 11.9. The number of carbonyl (C=O) groups is 2. The average Bonchev–Trinajstić information content (AvgIpc) is 2.62. The van der Waals surface area contributed by atoms with Crippen molar-refractivity contribution in [1.82, 2.24) is 0 Å². The van der Waals surface area contributed by atoms with Gasteiger partial charge in [0.1, 0.15) is 5.75 Å². The molecule has 0 saturated carbocycles. The number of methoxy groups -OCH3 is 1. The minimum atomic E-state index is -0.607. The monoisotopic (exact) mass is 352 g/mol. The number of esters is 2. The highest BCUT2D eigenvalue weighted by molar-refractivity contribution is 5.91. The summed E-state index contributed by atoms with van der Waals surface area (Å²) in [6, 6.07) is 12.4. The molecule has 0 fully saturated rings. The summed E-state index contributed by atoms with van der Waals surface area (Å²) in [5.74, 6) is -0.222. The number of hydrogen-bond acceptors (Lipinski definition) is 5. The van der Waals surface area contributed by atoms with Gasteiger partial charge in [-0.1, -0.05) is 31.4 Å². The van der Waals surface area contributed by atoms with Gasteiger partial charge in [-0.3, -0.25) is 0 Å². The molecule has 0 radical (unpaired) electrons. The van der Waals surface area contributed by atoms with Crippen LogP contribution in [-0.4, -0.2) is 19.0 Å². The van der Waals surface area contributed by atoms with E-state index in [0.29, 0.717) is 0 Å². The van der Waals surface area contributed by atoms with E-state index in [-0.39, 0.29) is 22.6 Å². The molecule has 0 N–H and O–H groups in total. The van der Waals surface area contributed by atoms with Crippen LogP contribution in [0.4, 0.5) is 0 Å². The van der Waals surface area contributed by atoms with Crippen molar-refractivity contribution in [3.05, 3.63) is 66.8 Å². The maximum atomic E-state index is 11.9. The summed E-state index contributed by atoms with van der Waals surface area (Å²) in [4.78, 5) is 23.7. The summed E-state index contributed by atoms with van der Waals surface area (Å²) in [6.45, 7) is 10.2. The van der Waals surface area contributed by atoms with E-state index >= 15 is 0 Å². The van der Waals surface area contributed by atoms with Crippen LogP contribution in [0.15, 0.2) is 66.8 Å². The highest BCUT2D eigenvalue weighted by atomic mass is 16.6. The Balaban J connectivity index is 2.42. The van der Waals surface area contributed by atoms with Gasteiger partial charge in [-0.25, -0.2) is 9.59 Å². The zero-order valence-corrected chi connectivity index (χ0v) is 15.0. The molecule has 0 bridgehead atoms. The van der Waals surface area contributed by atoms with Crippen molar-refractivity contribution >= 4 is 11.9 Å². The van der Waals surface area contributed by atoms with Gasteiger partial charge in [0.2, 0.25) is 0 Å². The Labute approximate surface area is 152 Å². The Morgan fingerprint density at radius 1 is 0.769 bits per heavy atom. The van der Waals surface area contributed by atoms with E-state index < -0.39 is 11.9 Å². The van der Waals surface area contributed by atoms with Gasteiger partial charge in [-0.15, -0.1) is 0 Å². The second-order valence-corrected chi connectivity index (χ2v) is 5.73. The molecule has 0 unspecified atom stereocenters. The third kappa shape index (κ3) is 4.60. The molecule has 2 aromatic carbocycles. The van der Waals surface area contributed by atoms with Gasteiger partial charge in [-0.05, 0) is 49.2 Å². The van der Waals surface area contributed by atoms with Crippen LogP contribution in [0.5, 0.6) is 17.2 Å². The van der Waals surface area contributed by atoms with Gasteiger partial charge in [0.15, 0.2) is 11.5 Å². The number of rotatable bonds is 6. The smallest absolute Gasteiger partial charge is 0.338 e. The lowest BCUT2D eigenvalue weighted by Crippen LogP contribution is -2.12. The molecular weight excluding hydrogens is 332 g/mol. The van der Waals surface area contributed by atoms with E-state index in [0.717, 1.165) is 16.9 Å². The maximum Gasteiger partial charge on any atom is 0.338 e. The second-order valence-electron chi connectivity index (χ2n) is 5.73. The highest BCUT2D eigenvalue weighted by Crippen LogP contribution is 2.34. The van der Waals surface area contributed by atoms with E-state index in [1.165, 1.54) is 13.8 Å². The number of hydrogen-bond donors (Lipinski definition) is 0. The van der Waals surface area contributed by atoms with E-state index in [2.05, 4.69) is 13.2 Å². The number of benzene rings is 2. The van der Waals surface area contributed by atoms with E-state index in [1.807, 2.05) is 24.3 Å². The van der Waals surface area contributed by atoms with Gasteiger partial charge in [0, 0.05) is 11.1 Å². The van der Waals surface area contributed by atoms with Crippen LogP contribution >= 0.6 is 0 Å². The molecule has 5 heteroatoms. The normalized spacial score (nSPS) is 9.96. The molecular formula is C21H20O5. The lowest BCUT2D eigenvalue weighted by molar-refractivity contribution is -0.132. The fourth-order valence-corrected chi connectivity index (χ4v) is 2.01. The summed E-state index contributed by atoms with van der Waals surface area (Å²) in [7, 11) is 1.59. The SMILES string of the molecule is C=C(C)C(=O)Oc1ccc(-c2ccc(OC)cc2)cc1OC(=O)C(=C)C. The Morgan fingerprint density at radius 2 is 1.27 bits per heavy atom. The van der Waals surface area contributed by atoms with Crippen LogP contribution in [0, 0.1) is 0 Å². The van der Waals surface area contributed by atoms with Crippen molar-refractivity contribution in [3.8, 4) is 28.4 Å². The minimum absolute atomic E-state index is 0.126. The topological polar surface area (TPSA) is 61.8 Å². The zero-order valence-electron chi connectivity index (χ0n) is 15.0. The van der Waals surface area contributed by atoms with Crippen LogP contribution < -0.4 is 14.2 Å². The molecule has 5 nitrogen and oxygen atoms in total. The Bertz CT molecular complexity index is 862. The van der Waals surface area contributed by atoms with E-state index in [1.54, 1.807) is 25.3 Å². The van der Waals surface area contributed by atoms with Crippen molar-refractivity contribution < 1.29 is 23.8 Å². The van der Waals surface area contributed by atoms with Gasteiger partial charge >= 0.3 is 11.9 Å². The van der Waals surface area contributed by atoms with Crippen molar-refractivity contribution in [3.63, 3.8) is 0 Å². The molecule has 0 atom stereocenters. The largest absolute Gasteiger partial charge is 0.497 e. The van der Waals surface area contributed by atoms with Gasteiger partial charge in [0.05, 0.1) is 7.11 Å². The third-order valence-electron chi connectivity index (χ3n) is 3.47. The molecule has 0 aromatic heterocycles. The highest BCUT2D eigenvalue weighted by Gasteiger charge is 2.16. The predicted molar refractivity (Wildman–Crippen MR) is 99.3 cm³/mol. The van der Waals surface area contributed by atoms with Crippen molar-refractivity contribution in [1.29, 1.82) is 0 Å². The average molecular weight is 352 g/mol. The molecule has 2 rings (SSSR count). The third-order valence-corrected chi connectivity index (χ3v) is 3.47. The van der Waals surface area contributed by atoms with Gasteiger partial charge in [-0.2, -0.15) is 0 Å². The number of ether oxygens (including phenoxy) is 3. The minimum Gasteiger partial charge on any atom is -0.497 e. The van der Waals surface area contributed by atoms with Gasteiger partial charge < -0.3 is 14.2 Å². The standard InChI is InChI=1S/C21H20O5/c1-13(2)20(22)25-18-11-8-16(12-19(18)26-21(23)14(3)4)15-6-9-17(24-5)10-7-15/h6-12H,1,3H2,2,4-5H3. The Morgan fingerprint density at radius 3 is 1.77 bits per heavy atom. The Kier molecular flexibility index (Phi) is 5.96. The zero-order chi connectivity index (χ0) is 19.3. The first-order valence-corrected chi connectivity index (χ1v) is 7.85. The molecule has 0 aliphatic carbocycles. The molecule has 0 saturated heterocycles. The fraction of sp³-hybridized carbons (Fsp3) is 0.143. The Hall–Kier alpha value is -3.34. The van der Waals surface area contributed by atoms with Crippen molar-refractivity contribution in [2.75, 3.05) is 7.11 Å². The van der Waals surface area contributed by atoms with Crippen LogP contribution in [0.1, 0.15) is 13.8 Å². The van der Waals surface area contributed by atoms with Gasteiger partial charge in [0.25, 0.3) is 0 Å². The first-order valence-electron chi connectivity index (χ1n) is 7.85. The van der Waals surface area contributed by atoms with Crippen molar-refractivity contribution in [2.24, 2.45) is 0 Å². The van der Waals surface area contributed by atoms with E-state index in [4.69, 9.17) is 14.2 Å². The molecule has 0 aliphatic rings. The molecule has 26 heavy (non-hydrogen) atoms. The summed E-state index contributed by atoms with van der Waals surface area (Å²) >= 11 is 0. The predicted octanol–water partition coefficient (Wildman–Crippen LogP) is 4.33. The van der Waals surface area contributed by atoms with E-state index in [9.17, 15) is 9.59 Å². The second kappa shape index (κ2) is 8.16. The van der Waals surface area contributed by atoms with Crippen molar-refractivity contribution in [2.45, 2.75) is 13.8 Å². The van der Waals surface area contributed by atoms with Crippen LogP contribution in [-0.2, 0) is 9.59 Å².